The van der Waals surface area contributed by atoms with Crippen LogP contribution in [0.3, 0.4) is 0 Å². The Morgan fingerprint density at radius 1 is 1.12 bits per heavy atom. The Bertz CT molecular complexity index is 446. The number of nitrogens with zero attached hydrogens (tertiary/aromatic N) is 2. The van der Waals surface area contributed by atoms with Crippen LogP contribution in [-0.2, 0) is 9.47 Å². The third-order valence-electron chi connectivity index (χ3n) is 3.28. The highest BCUT2D eigenvalue weighted by molar-refractivity contribution is 14.0. The number of ether oxygens (including phenoxy) is 3. The highest BCUT2D eigenvalue weighted by Crippen LogP contribution is 2.07. The van der Waals surface area contributed by atoms with Crippen molar-refractivity contribution in [3.05, 3.63) is 30.3 Å². The summed E-state index contributed by atoms with van der Waals surface area (Å²) in [5, 5.41) is 3.30. The Kier molecular flexibility index (Phi) is 15.7. The first-order chi connectivity index (χ1) is 11.8. The highest BCUT2D eigenvalue weighted by Gasteiger charge is 2.05. The second-order valence-corrected chi connectivity index (χ2v) is 5.28. The molecule has 0 spiro atoms. The zero-order valence-electron chi connectivity index (χ0n) is 15.6. The van der Waals surface area contributed by atoms with E-state index < -0.39 is 0 Å². The topological polar surface area (TPSA) is 55.3 Å². The van der Waals surface area contributed by atoms with E-state index in [1.165, 1.54) is 0 Å². The lowest BCUT2D eigenvalue weighted by molar-refractivity contribution is 0.0702. The van der Waals surface area contributed by atoms with Gasteiger partial charge >= 0.3 is 0 Å². The summed E-state index contributed by atoms with van der Waals surface area (Å²) in [6.45, 7) is 7.00. The van der Waals surface area contributed by atoms with Gasteiger partial charge in [0.1, 0.15) is 12.4 Å². The third kappa shape index (κ3) is 12.0. The van der Waals surface area contributed by atoms with Crippen LogP contribution < -0.4 is 10.1 Å². The Labute approximate surface area is 169 Å². The minimum Gasteiger partial charge on any atom is -0.492 e. The number of para-hydroxylation sites is 1. The minimum atomic E-state index is 0. The van der Waals surface area contributed by atoms with Crippen LogP contribution in [0.15, 0.2) is 35.3 Å². The summed E-state index contributed by atoms with van der Waals surface area (Å²) in [6, 6.07) is 9.85. The molecule has 25 heavy (non-hydrogen) atoms. The molecule has 0 heterocycles. The van der Waals surface area contributed by atoms with Gasteiger partial charge in [0.2, 0.25) is 0 Å². The van der Waals surface area contributed by atoms with Crippen LogP contribution in [0.2, 0.25) is 0 Å². The predicted molar refractivity (Wildman–Crippen MR) is 113 cm³/mol. The van der Waals surface area contributed by atoms with Crippen molar-refractivity contribution in [1.29, 1.82) is 0 Å². The molecule has 7 heteroatoms. The maximum absolute atomic E-state index is 5.73. The zero-order valence-corrected chi connectivity index (χ0v) is 17.9. The molecule has 144 valence electrons. The number of hydrogen-bond acceptors (Lipinski definition) is 4. The van der Waals surface area contributed by atoms with Crippen LogP contribution in [-0.4, -0.2) is 71.1 Å². The van der Waals surface area contributed by atoms with E-state index >= 15 is 0 Å². The fraction of sp³-hybridized carbons (Fsp3) is 0.611. The number of halogens is 1. The van der Waals surface area contributed by atoms with E-state index in [2.05, 4.69) is 22.1 Å². The van der Waals surface area contributed by atoms with Crippen molar-refractivity contribution >= 4 is 29.9 Å². The quantitative estimate of drug-likeness (QED) is 0.223. The molecule has 0 aromatic heterocycles. The number of guanidine groups is 1. The number of hydrogen-bond donors (Lipinski definition) is 1. The van der Waals surface area contributed by atoms with Crippen LogP contribution in [0.1, 0.15) is 13.3 Å². The molecule has 0 aliphatic heterocycles. The van der Waals surface area contributed by atoms with Gasteiger partial charge in [0.25, 0.3) is 0 Å². The minimum absolute atomic E-state index is 0. The van der Waals surface area contributed by atoms with Gasteiger partial charge in [-0.2, -0.15) is 0 Å². The summed E-state index contributed by atoms with van der Waals surface area (Å²) in [5.41, 5.74) is 0. The summed E-state index contributed by atoms with van der Waals surface area (Å²) in [5.74, 6) is 1.78. The van der Waals surface area contributed by atoms with E-state index in [0.717, 1.165) is 37.8 Å². The van der Waals surface area contributed by atoms with Gasteiger partial charge in [0.15, 0.2) is 5.96 Å². The molecule has 0 amide bonds. The molecular formula is C18H32IN3O3. The summed E-state index contributed by atoms with van der Waals surface area (Å²) < 4.78 is 16.1. The molecule has 0 aliphatic carbocycles. The average Bonchev–Trinajstić information content (AvgIpc) is 2.61. The normalized spacial score (nSPS) is 10.9. The summed E-state index contributed by atoms with van der Waals surface area (Å²) in [6.07, 6.45) is 0.896. The lowest BCUT2D eigenvalue weighted by Gasteiger charge is -2.22. The molecule has 0 radical (unpaired) electrons. The zero-order chi connectivity index (χ0) is 17.5. The van der Waals surface area contributed by atoms with E-state index in [1.54, 1.807) is 7.11 Å². The lowest BCUT2D eigenvalue weighted by Crippen LogP contribution is -2.41. The first-order valence-electron chi connectivity index (χ1n) is 8.52. The molecule has 0 bridgehead atoms. The second kappa shape index (κ2) is 16.4. The number of methoxy groups -OCH3 is 1. The average molecular weight is 465 g/mol. The molecule has 1 rings (SSSR count). The fourth-order valence-electron chi connectivity index (χ4n) is 1.99. The highest BCUT2D eigenvalue weighted by atomic mass is 127. The van der Waals surface area contributed by atoms with Crippen molar-refractivity contribution in [3.63, 3.8) is 0 Å². The van der Waals surface area contributed by atoms with E-state index in [4.69, 9.17) is 14.2 Å². The Morgan fingerprint density at radius 3 is 2.56 bits per heavy atom. The molecule has 1 N–H and O–H groups in total. The van der Waals surface area contributed by atoms with Gasteiger partial charge < -0.3 is 24.4 Å². The predicted octanol–water partition coefficient (Wildman–Crippen LogP) is 2.63. The Balaban J connectivity index is 0.00000576. The van der Waals surface area contributed by atoms with Crippen LogP contribution in [0, 0.1) is 0 Å². The molecular weight excluding hydrogens is 433 g/mol. The van der Waals surface area contributed by atoms with Crippen LogP contribution in [0.5, 0.6) is 5.75 Å². The summed E-state index contributed by atoms with van der Waals surface area (Å²) in [4.78, 5) is 6.70. The standard InChI is InChI=1S/C18H31N3O3.HI/c1-4-19-18(20-11-8-13-23-16-15-22-3)21(2)12-14-24-17-9-6-5-7-10-17;/h5-7,9-10H,4,8,11-16H2,1-3H3,(H,19,20);1H. The van der Waals surface area contributed by atoms with Crippen LogP contribution in [0.25, 0.3) is 0 Å². The van der Waals surface area contributed by atoms with Crippen LogP contribution in [0.4, 0.5) is 0 Å². The number of nitrogens with one attached hydrogen (secondary N) is 1. The van der Waals surface area contributed by atoms with Gasteiger partial charge in [-0.1, -0.05) is 18.2 Å². The fourth-order valence-corrected chi connectivity index (χ4v) is 1.99. The molecule has 6 nitrogen and oxygen atoms in total. The molecule has 0 saturated carbocycles. The maximum Gasteiger partial charge on any atom is 0.193 e. The van der Waals surface area contributed by atoms with Crippen molar-refractivity contribution < 1.29 is 14.2 Å². The molecule has 1 aromatic carbocycles. The molecule has 0 unspecified atom stereocenters. The lowest BCUT2D eigenvalue weighted by atomic mass is 10.3. The second-order valence-electron chi connectivity index (χ2n) is 5.28. The monoisotopic (exact) mass is 465 g/mol. The molecule has 1 aromatic rings. The number of likely N-dealkylation sites (N-methyl/N-ethyl adjacent to an activating group) is 1. The van der Waals surface area contributed by atoms with Gasteiger partial charge in [-0.15, -0.1) is 24.0 Å². The van der Waals surface area contributed by atoms with Gasteiger partial charge in [0, 0.05) is 33.9 Å². The van der Waals surface area contributed by atoms with Crippen LogP contribution >= 0.6 is 24.0 Å². The molecule has 0 atom stereocenters. The smallest absolute Gasteiger partial charge is 0.193 e. The first-order valence-corrected chi connectivity index (χ1v) is 8.52. The Morgan fingerprint density at radius 2 is 1.88 bits per heavy atom. The van der Waals surface area contributed by atoms with E-state index in [1.807, 2.05) is 37.4 Å². The Hall–Kier alpha value is -1.06. The van der Waals surface area contributed by atoms with Crippen molar-refractivity contribution in [2.45, 2.75) is 13.3 Å². The largest absolute Gasteiger partial charge is 0.492 e. The van der Waals surface area contributed by atoms with Crippen molar-refractivity contribution in [2.75, 3.05) is 60.2 Å². The molecule has 0 aliphatic rings. The van der Waals surface area contributed by atoms with Gasteiger partial charge in [-0.25, -0.2) is 0 Å². The van der Waals surface area contributed by atoms with Crippen molar-refractivity contribution in [3.8, 4) is 5.75 Å². The first kappa shape index (κ1) is 23.9. The van der Waals surface area contributed by atoms with E-state index in [-0.39, 0.29) is 24.0 Å². The summed E-state index contributed by atoms with van der Waals surface area (Å²) >= 11 is 0. The maximum atomic E-state index is 5.73. The van der Waals surface area contributed by atoms with E-state index in [9.17, 15) is 0 Å². The summed E-state index contributed by atoms with van der Waals surface area (Å²) in [7, 11) is 3.69. The van der Waals surface area contributed by atoms with Gasteiger partial charge in [0.05, 0.1) is 19.8 Å². The number of aliphatic imine (C=N–C) groups is 1. The number of benzene rings is 1. The molecule has 0 fully saturated rings. The SMILES string of the molecule is CCNC(=NCCCOCCOC)N(C)CCOc1ccccc1.I. The van der Waals surface area contributed by atoms with Gasteiger partial charge in [-0.3, -0.25) is 4.99 Å². The number of rotatable bonds is 12. The third-order valence-corrected chi connectivity index (χ3v) is 3.28. The van der Waals surface area contributed by atoms with Crippen molar-refractivity contribution in [2.24, 2.45) is 4.99 Å². The van der Waals surface area contributed by atoms with E-state index in [0.29, 0.717) is 26.4 Å². The van der Waals surface area contributed by atoms with Crippen molar-refractivity contribution in [1.82, 2.24) is 10.2 Å². The molecule has 0 saturated heterocycles. The van der Waals surface area contributed by atoms with Gasteiger partial charge in [-0.05, 0) is 25.5 Å².